The van der Waals surface area contributed by atoms with Crippen LogP contribution in [0.3, 0.4) is 0 Å². The summed E-state index contributed by atoms with van der Waals surface area (Å²) >= 11 is 0. The van der Waals surface area contributed by atoms with Crippen LogP contribution in [0.25, 0.3) is 0 Å². The number of carbonyl (C=O) groups excluding carboxylic acids is 1. The summed E-state index contributed by atoms with van der Waals surface area (Å²) in [6.45, 7) is 0.440. The first-order chi connectivity index (χ1) is 8.25. The lowest BCUT2D eigenvalue weighted by molar-refractivity contribution is -0.120. The molecule has 0 aliphatic rings. The molecule has 0 saturated carbocycles. The quantitative estimate of drug-likeness (QED) is 0.840. The van der Waals surface area contributed by atoms with E-state index in [-0.39, 0.29) is 5.91 Å². The Bertz CT molecular complexity index is 492. The molecular formula is C12H14N4O. The Labute approximate surface area is 99.5 Å². The third-order valence-corrected chi connectivity index (χ3v) is 2.43. The van der Waals surface area contributed by atoms with E-state index < -0.39 is 0 Å². The highest BCUT2D eigenvalue weighted by molar-refractivity contribution is 5.77. The second kappa shape index (κ2) is 5.25. The molecule has 2 rings (SSSR count). The van der Waals surface area contributed by atoms with E-state index in [2.05, 4.69) is 15.3 Å². The van der Waals surface area contributed by atoms with Gasteiger partial charge in [0.1, 0.15) is 5.82 Å². The van der Waals surface area contributed by atoms with Crippen LogP contribution in [0, 0.1) is 0 Å². The molecule has 0 radical (unpaired) electrons. The molecule has 0 spiro atoms. The van der Waals surface area contributed by atoms with Crippen molar-refractivity contribution < 1.29 is 4.79 Å². The summed E-state index contributed by atoms with van der Waals surface area (Å²) in [5.41, 5.74) is 0.768. The highest BCUT2D eigenvalue weighted by atomic mass is 16.1. The standard InChI is InChI=1S/C12H14N4O/c1-16-7-6-14-11(16)9-15-12(17)8-10-4-2-3-5-13-10/h2-7H,8-9H2,1H3,(H,15,17). The molecule has 17 heavy (non-hydrogen) atoms. The van der Waals surface area contributed by atoms with E-state index >= 15 is 0 Å². The Hall–Kier alpha value is -2.17. The predicted octanol–water partition coefficient (Wildman–Crippen LogP) is 0.674. The van der Waals surface area contributed by atoms with Gasteiger partial charge in [-0.15, -0.1) is 0 Å². The number of aryl methyl sites for hydroxylation is 1. The first kappa shape index (κ1) is 11.3. The summed E-state index contributed by atoms with van der Waals surface area (Å²) in [6, 6.07) is 5.53. The number of pyridine rings is 1. The Morgan fingerprint density at radius 1 is 1.35 bits per heavy atom. The number of imidazole rings is 1. The summed E-state index contributed by atoms with van der Waals surface area (Å²) in [5, 5.41) is 2.81. The monoisotopic (exact) mass is 230 g/mol. The van der Waals surface area contributed by atoms with Crippen molar-refractivity contribution in [1.29, 1.82) is 0 Å². The number of nitrogens with one attached hydrogen (secondary N) is 1. The van der Waals surface area contributed by atoms with Gasteiger partial charge in [-0.25, -0.2) is 4.98 Å². The molecule has 0 aromatic carbocycles. The molecular weight excluding hydrogens is 216 g/mol. The van der Waals surface area contributed by atoms with E-state index in [0.29, 0.717) is 13.0 Å². The molecule has 2 heterocycles. The molecule has 0 bridgehead atoms. The molecule has 0 saturated heterocycles. The molecule has 1 N–H and O–H groups in total. The lowest BCUT2D eigenvalue weighted by Gasteiger charge is -2.04. The smallest absolute Gasteiger partial charge is 0.226 e. The number of rotatable bonds is 4. The number of nitrogens with zero attached hydrogens (tertiary/aromatic N) is 3. The Morgan fingerprint density at radius 3 is 2.88 bits per heavy atom. The van der Waals surface area contributed by atoms with Gasteiger partial charge in [-0.1, -0.05) is 6.07 Å². The molecule has 0 aliphatic heterocycles. The predicted molar refractivity (Wildman–Crippen MR) is 63.0 cm³/mol. The van der Waals surface area contributed by atoms with Crippen molar-refractivity contribution in [3.05, 3.63) is 48.3 Å². The number of aromatic nitrogens is 3. The molecule has 0 unspecified atom stereocenters. The number of amides is 1. The largest absolute Gasteiger partial charge is 0.349 e. The fraction of sp³-hybridized carbons (Fsp3) is 0.250. The Kier molecular flexibility index (Phi) is 3.49. The van der Waals surface area contributed by atoms with E-state index in [1.165, 1.54) is 0 Å². The van der Waals surface area contributed by atoms with Gasteiger partial charge >= 0.3 is 0 Å². The van der Waals surface area contributed by atoms with Crippen molar-refractivity contribution in [2.75, 3.05) is 0 Å². The molecule has 1 amide bonds. The first-order valence-corrected chi connectivity index (χ1v) is 5.38. The van der Waals surface area contributed by atoms with Crippen molar-refractivity contribution in [2.45, 2.75) is 13.0 Å². The molecule has 2 aromatic rings. The van der Waals surface area contributed by atoms with Crippen molar-refractivity contribution in [2.24, 2.45) is 7.05 Å². The van der Waals surface area contributed by atoms with Crippen LogP contribution in [0.1, 0.15) is 11.5 Å². The molecule has 0 atom stereocenters. The molecule has 5 heteroatoms. The summed E-state index contributed by atoms with van der Waals surface area (Å²) in [4.78, 5) is 19.9. The van der Waals surface area contributed by atoms with Gasteiger partial charge in [-0.2, -0.15) is 0 Å². The van der Waals surface area contributed by atoms with Gasteiger partial charge in [0.15, 0.2) is 0 Å². The summed E-state index contributed by atoms with van der Waals surface area (Å²) in [5.74, 6) is 0.783. The van der Waals surface area contributed by atoms with Gasteiger partial charge in [0.25, 0.3) is 0 Å². The van der Waals surface area contributed by atoms with Crippen LogP contribution in [0.15, 0.2) is 36.8 Å². The van der Waals surface area contributed by atoms with Gasteiger partial charge in [0.2, 0.25) is 5.91 Å². The van der Waals surface area contributed by atoms with E-state index in [9.17, 15) is 4.79 Å². The minimum absolute atomic E-state index is 0.0494. The maximum atomic E-state index is 11.6. The summed E-state index contributed by atoms with van der Waals surface area (Å²) < 4.78 is 1.88. The van der Waals surface area contributed by atoms with Crippen LogP contribution in [-0.4, -0.2) is 20.4 Å². The zero-order chi connectivity index (χ0) is 12.1. The van der Waals surface area contributed by atoms with Crippen LogP contribution in [0.2, 0.25) is 0 Å². The summed E-state index contributed by atoms with van der Waals surface area (Å²) in [7, 11) is 1.90. The minimum atomic E-state index is -0.0494. The zero-order valence-corrected chi connectivity index (χ0v) is 9.63. The number of hydrogen-bond acceptors (Lipinski definition) is 3. The van der Waals surface area contributed by atoms with Gasteiger partial charge in [-0.3, -0.25) is 9.78 Å². The van der Waals surface area contributed by atoms with Gasteiger partial charge in [-0.05, 0) is 12.1 Å². The molecule has 2 aromatic heterocycles. The average molecular weight is 230 g/mol. The van der Waals surface area contributed by atoms with E-state index in [4.69, 9.17) is 0 Å². The van der Waals surface area contributed by atoms with Gasteiger partial charge in [0, 0.05) is 31.3 Å². The molecule has 88 valence electrons. The topological polar surface area (TPSA) is 59.8 Å². The zero-order valence-electron chi connectivity index (χ0n) is 9.63. The maximum Gasteiger partial charge on any atom is 0.226 e. The van der Waals surface area contributed by atoms with Crippen LogP contribution in [0.4, 0.5) is 0 Å². The van der Waals surface area contributed by atoms with Crippen LogP contribution in [-0.2, 0) is 24.8 Å². The SMILES string of the molecule is Cn1ccnc1CNC(=O)Cc1ccccn1. The van der Waals surface area contributed by atoms with Crippen molar-refractivity contribution in [3.8, 4) is 0 Å². The Morgan fingerprint density at radius 2 is 2.24 bits per heavy atom. The molecule has 0 aliphatic carbocycles. The second-order valence-corrected chi connectivity index (χ2v) is 3.73. The van der Waals surface area contributed by atoms with Crippen molar-refractivity contribution >= 4 is 5.91 Å². The molecule has 0 fully saturated rings. The summed E-state index contributed by atoms with van der Waals surface area (Å²) in [6.07, 6.45) is 5.53. The third kappa shape index (κ3) is 3.14. The highest BCUT2D eigenvalue weighted by Gasteiger charge is 2.05. The third-order valence-electron chi connectivity index (χ3n) is 2.43. The van der Waals surface area contributed by atoms with E-state index in [1.807, 2.05) is 36.0 Å². The maximum absolute atomic E-state index is 11.6. The average Bonchev–Trinajstić information content (AvgIpc) is 2.74. The highest BCUT2D eigenvalue weighted by Crippen LogP contribution is 1.96. The van der Waals surface area contributed by atoms with Crippen molar-refractivity contribution in [1.82, 2.24) is 19.9 Å². The van der Waals surface area contributed by atoms with E-state index in [1.54, 1.807) is 12.4 Å². The second-order valence-electron chi connectivity index (χ2n) is 3.73. The number of hydrogen-bond donors (Lipinski definition) is 1. The van der Waals surface area contributed by atoms with Gasteiger partial charge < -0.3 is 9.88 Å². The number of carbonyl (C=O) groups is 1. The fourth-order valence-electron chi connectivity index (χ4n) is 1.47. The first-order valence-electron chi connectivity index (χ1n) is 5.38. The van der Waals surface area contributed by atoms with Crippen LogP contribution < -0.4 is 5.32 Å². The van der Waals surface area contributed by atoms with Crippen LogP contribution >= 0.6 is 0 Å². The van der Waals surface area contributed by atoms with Crippen molar-refractivity contribution in [3.63, 3.8) is 0 Å². The van der Waals surface area contributed by atoms with E-state index in [0.717, 1.165) is 11.5 Å². The normalized spacial score (nSPS) is 10.2. The lowest BCUT2D eigenvalue weighted by Crippen LogP contribution is -2.26. The molecule has 5 nitrogen and oxygen atoms in total. The fourth-order valence-corrected chi connectivity index (χ4v) is 1.47. The minimum Gasteiger partial charge on any atom is -0.349 e. The van der Waals surface area contributed by atoms with Crippen LogP contribution in [0.5, 0.6) is 0 Å². The Balaban J connectivity index is 1.84. The van der Waals surface area contributed by atoms with Gasteiger partial charge in [0.05, 0.1) is 13.0 Å². The lowest BCUT2D eigenvalue weighted by atomic mass is 10.2.